The van der Waals surface area contributed by atoms with Gasteiger partial charge >= 0.3 is 166 Å². The van der Waals surface area contributed by atoms with Crippen molar-refractivity contribution in [1.82, 2.24) is 14.4 Å². The molecule has 0 amide bonds. The van der Waals surface area contributed by atoms with Crippen molar-refractivity contribution in [2.45, 2.75) is 0 Å². The van der Waals surface area contributed by atoms with Gasteiger partial charge in [-0.05, 0) is 0 Å². The molecular formula is C24H13N3Se. The van der Waals surface area contributed by atoms with Gasteiger partial charge in [0.05, 0.1) is 0 Å². The van der Waals surface area contributed by atoms with Crippen LogP contribution in [0.5, 0.6) is 0 Å². The van der Waals surface area contributed by atoms with Crippen molar-refractivity contribution < 1.29 is 0 Å². The van der Waals surface area contributed by atoms with Gasteiger partial charge in [0, 0.05) is 0 Å². The number of rotatable bonds is 1. The third-order valence-corrected chi connectivity index (χ3v) is 8.03. The molecule has 7 rings (SSSR count). The van der Waals surface area contributed by atoms with Crippen LogP contribution in [0.3, 0.4) is 0 Å². The van der Waals surface area contributed by atoms with E-state index < -0.39 is 0 Å². The Labute approximate surface area is 166 Å². The first-order valence-corrected chi connectivity index (χ1v) is 11.0. The van der Waals surface area contributed by atoms with Gasteiger partial charge in [-0.1, -0.05) is 0 Å². The molecule has 0 saturated carbocycles. The van der Waals surface area contributed by atoms with Gasteiger partial charge in [-0.3, -0.25) is 0 Å². The van der Waals surface area contributed by atoms with E-state index in [9.17, 15) is 0 Å². The van der Waals surface area contributed by atoms with Crippen LogP contribution in [0.1, 0.15) is 0 Å². The summed E-state index contributed by atoms with van der Waals surface area (Å²) in [5.41, 5.74) is 4.74. The Morgan fingerprint density at radius 3 is 2.50 bits per heavy atom. The second-order valence-electron chi connectivity index (χ2n) is 7.12. The van der Waals surface area contributed by atoms with E-state index >= 15 is 0 Å². The van der Waals surface area contributed by atoms with Crippen LogP contribution in [0.2, 0.25) is 0 Å². The fraction of sp³-hybridized carbons (Fsp3) is 0. The first kappa shape index (κ1) is 14.8. The van der Waals surface area contributed by atoms with Crippen LogP contribution in [0.15, 0.2) is 79.1 Å². The molecular weight excluding hydrogens is 409 g/mol. The van der Waals surface area contributed by atoms with Crippen LogP contribution < -0.4 is 0 Å². The predicted molar refractivity (Wildman–Crippen MR) is 117 cm³/mol. The number of nitrogens with zero attached hydrogens (tertiary/aromatic N) is 3. The molecule has 0 bridgehead atoms. The van der Waals surface area contributed by atoms with Gasteiger partial charge in [-0.2, -0.15) is 0 Å². The van der Waals surface area contributed by atoms with E-state index in [2.05, 4.69) is 71.1 Å². The van der Waals surface area contributed by atoms with Crippen LogP contribution in [-0.2, 0) is 0 Å². The van der Waals surface area contributed by atoms with Crippen LogP contribution in [0, 0.1) is 0 Å². The van der Waals surface area contributed by atoms with E-state index in [1.807, 2.05) is 12.4 Å². The van der Waals surface area contributed by atoms with Crippen LogP contribution >= 0.6 is 0 Å². The zero-order chi connectivity index (χ0) is 18.2. The van der Waals surface area contributed by atoms with Crippen molar-refractivity contribution in [2.24, 2.45) is 0 Å². The fourth-order valence-corrected chi connectivity index (χ4v) is 6.99. The standard InChI is InChI=1S/C24H13N3Se/c1-2-6-15-14(5-1)9-11-25-21(15)20-13-18-16-10-12-26-22-17-7-3-4-8-19(17)27(23(16)22)24(18)28-20/h1-13H. The SMILES string of the molecule is c1ccc2c(-c3cc4c5ccnc6c7ccccc7n(c4[se]3)c56)nccc2c1. The Hall–Kier alpha value is -3.20. The third-order valence-electron chi connectivity index (χ3n) is 5.66. The molecule has 0 aliphatic carbocycles. The summed E-state index contributed by atoms with van der Waals surface area (Å²) in [5, 5.41) is 6.36. The monoisotopic (exact) mass is 423 g/mol. The molecule has 5 heterocycles. The van der Waals surface area contributed by atoms with Gasteiger partial charge in [0.1, 0.15) is 0 Å². The van der Waals surface area contributed by atoms with Crippen LogP contribution in [-0.4, -0.2) is 28.9 Å². The van der Waals surface area contributed by atoms with Crippen molar-refractivity contribution in [3.05, 3.63) is 79.1 Å². The molecule has 3 nitrogen and oxygen atoms in total. The van der Waals surface area contributed by atoms with Crippen molar-refractivity contribution in [2.75, 3.05) is 0 Å². The van der Waals surface area contributed by atoms with E-state index in [1.54, 1.807) is 0 Å². The average molecular weight is 422 g/mol. The van der Waals surface area contributed by atoms with Crippen molar-refractivity contribution >= 4 is 62.4 Å². The molecule has 0 atom stereocenters. The van der Waals surface area contributed by atoms with Crippen LogP contribution in [0.4, 0.5) is 0 Å². The van der Waals surface area contributed by atoms with Gasteiger partial charge in [0.25, 0.3) is 0 Å². The van der Waals surface area contributed by atoms with Crippen molar-refractivity contribution in [1.29, 1.82) is 0 Å². The van der Waals surface area contributed by atoms with E-state index in [0.717, 1.165) is 11.2 Å². The van der Waals surface area contributed by atoms with Crippen molar-refractivity contribution in [3.63, 3.8) is 0 Å². The molecule has 0 spiro atoms. The number of hydrogen-bond donors (Lipinski definition) is 0. The quantitative estimate of drug-likeness (QED) is 0.327. The number of benzene rings is 2. The summed E-state index contributed by atoms with van der Waals surface area (Å²) in [6.45, 7) is 0. The Morgan fingerprint density at radius 1 is 0.714 bits per heavy atom. The third kappa shape index (κ3) is 1.74. The molecule has 4 heteroatoms. The first-order valence-electron chi connectivity index (χ1n) is 9.27. The Bertz CT molecular complexity index is 1670. The summed E-state index contributed by atoms with van der Waals surface area (Å²) < 4.78 is 5.20. The van der Waals surface area contributed by atoms with Gasteiger partial charge in [0.2, 0.25) is 0 Å². The fourth-order valence-electron chi connectivity index (χ4n) is 4.47. The average Bonchev–Trinajstić information content (AvgIpc) is 3.40. The molecule has 0 N–H and O–H groups in total. The van der Waals surface area contributed by atoms with E-state index in [1.165, 1.54) is 46.8 Å². The second kappa shape index (κ2) is 5.20. The van der Waals surface area contributed by atoms with E-state index in [0.29, 0.717) is 0 Å². The Morgan fingerprint density at radius 2 is 1.54 bits per heavy atom. The minimum absolute atomic E-state index is 0.195. The summed E-state index contributed by atoms with van der Waals surface area (Å²) in [4.78, 5) is 9.47. The van der Waals surface area contributed by atoms with Gasteiger partial charge < -0.3 is 0 Å². The Kier molecular flexibility index (Phi) is 2.75. The van der Waals surface area contributed by atoms with Gasteiger partial charge in [-0.15, -0.1) is 0 Å². The minimum atomic E-state index is 0.195. The summed E-state index contributed by atoms with van der Waals surface area (Å²) >= 11 is 0.195. The van der Waals surface area contributed by atoms with E-state index in [4.69, 9.17) is 9.97 Å². The maximum absolute atomic E-state index is 4.77. The first-order chi connectivity index (χ1) is 13.9. The molecule has 0 radical (unpaired) electrons. The Balaban J connectivity index is 1.66. The normalized spacial score (nSPS) is 12.3. The molecule has 28 heavy (non-hydrogen) atoms. The molecule has 0 saturated heterocycles. The molecule has 5 aromatic heterocycles. The summed E-state index contributed by atoms with van der Waals surface area (Å²) in [6, 6.07) is 23.7. The number of hydrogen-bond acceptors (Lipinski definition) is 2. The topological polar surface area (TPSA) is 30.2 Å². The van der Waals surface area contributed by atoms with Gasteiger partial charge in [0.15, 0.2) is 0 Å². The molecule has 0 aliphatic heterocycles. The van der Waals surface area contributed by atoms with E-state index in [-0.39, 0.29) is 14.5 Å². The summed E-state index contributed by atoms with van der Waals surface area (Å²) in [7, 11) is 0. The molecule has 130 valence electrons. The number of pyridine rings is 2. The van der Waals surface area contributed by atoms with Crippen molar-refractivity contribution in [3.8, 4) is 10.1 Å². The predicted octanol–water partition coefficient (Wildman–Crippen LogP) is 5.50. The second-order valence-corrected chi connectivity index (χ2v) is 9.28. The van der Waals surface area contributed by atoms with Crippen LogP contribution in [0.25, 0.3) is 58.0 Å². The van der Waals surface area contributed by atoms with Gasteiger partial charge in [-0.25, -0.2) is 0 Å². The number of aromatic nitrogens is 3. The molecule has 0 aliphatic rings. The zero-order valence-electron chi connectivity index (χ0n) is 14.8. The summed E-state index contributed by atoms with van der Waals surface area (Å²) in [6.07, 6.45) is 3.87. The molecule has 7 aromatic rings. The zero-order valence-corrected chi connectivity index (χ0v) is 16.5. The maximum atomic E-state index is 4.77. The molecule has 0 unspecified atom stereocenters. The summed E-state index contributed by atoms with van der Waals surface area (Å²) in [5.74, 6) is 0. The number of para-hydroxylation sites is 1. The number of fused-ring (bicyclic) bond motifs is 7. The molecule has 0 fully saturated rings. The molecule has 2 aromatic carbocycles.